The molecule has 2 atom stereocenters. The van der Waals surface area contributed by atoms with Crippen molar-refractivity contribution in [3.8, 4) is 11.1 Å². The second-order valence-corrected chi connectivity index (χ2v) is 7.33. The molecule has 2 unspecified atom stereocenters. The molecule has 0 N–H and O–H groups in total. The minimum absolute atomic E-state index is 0.118. The molecule has 1 aliphatic heterocycles. The summed E-state index contributed by atoms with van der Waals surface area (Å²) in [4.78, 5) is 18.3. The van der Waals surface area contributed by atoms with Gasteiger partial charge in [-0.05, 0) is 41.8 Å². The van der Waals surface area contributed by atoms with E-state index in [0.29, 0.717) is 18.1 Å². The van der Waals surface area contributed by atoms with Crippen molar-refractivity contribution in [1.82, 2.24) is 0 Å². The number of esters is 1. The van der Waals surface area contributed by atoms with E-state index in [4.69, 9.17) is 21.2 Å². The number of halogens is 1. The summed E-state index contributed by atoms with van der Waals surface area (Å²) in [6.45, 7) is 2.12. The van der Waals surface area contributed by atoms with Crippen LogP contribution in [0.2, 0.25) is 5.02 Å². The molecule has 0 bridgehead atoms. The summed E-state index contributed by atoms with van der Waals surface area (Å²) in [6, 6.07) is 25.9. The summed E-state index contributed by atoms with van der Waals surface area (Å²) >= 11 is 6.18. The molecule has 0 spiro atoms. The third-order valence-corrected chi connectivity index (χ3v) is 5.21. The van der Waals surface area contributed by atoms with Crippen molar-refractivity contribution in [1.29, 1.82) is 0 Å². The molecule has 0 saturated carbocycles. The Morgan fingerprint density at radius 2 is 1.76 bits per heavy atom. The van der Waals surface area contributed by atoms with E-state index in [0.717, 1.165) is 22.4 Å². The lowest BCUT2D eigenvalue weighted by Crippen LogP contribution is -2.26. The number of carbonyl (C=O) groups is 1. The van der Waals surface area contributed by atoms with E-state index >= 15 is 0 Å². The van der Waals surface area contributed by atoms with E-state index in [1.54, 1.807) is 12.0 Å². The van der Waals surface area contributed by atoms with Gasteiger partial charge in [-0.2, -0.15) is 0 Å². The van der Waals surface area contributed by atoms with E-state index in [9.17, 15) is 4.79 Å². The minimum Gasteiger partial charge on any atom is -0.464 e. The molecular formula is C24H22ClNO3. The van der Waals surface area contributed by atoms with Crippen LogP contribution in [0.1, 0.15) is 24.9 Å². The Bertz CT molecular complexity index is 975. The van der Waals surface area contributed by atoms with Crippen LogP contribution in [0.5, 0.6) is 0 Å². The number of hydrogen-bond acceptors (Lipinski definition) is 4. The summed E-state index contributed by atoms with van der Waals surface area (Å²) in [7, 11) is 0. The van der Waals surface area contributed by atoms with Crippen LogP contribution in [-0.2, 0) is 14.4 Å². The number of rotatable bonds is 5. The Balaban J connectivity index is 1.64. The maximum atomic E-state index is 12.3. The topological polar surface area (TPSA) is 38.8 Å². The van der Waals surface area contributed by atoms with Gasteiger partial charge >= 0.3 is 5.97 Å². The lowest BCUT2D eigenvalue weighted by molar-refractivity contribution is -0.154. The van der Waals surface area contributed by atoms with Gasteiger partial charge in [0.25, 0.3) is 0 Å². The number of hydrogen-bond donors (Lipinski definition) is 0. The van der Waals surface area contributed by atoms with E-state index in [1.807, 2.05) is 42.5 Å². The van der Waals surface area contributed by atoms with Crippen LogP contribution in [0.25, 0.3) is 11.1 Å². The van der Waals surface area contributed by atoms with Gasteiger partial charge in [-0.3, -0.25) is 4.84 Å². The van der Waals surface area contributed by atoms with Gasteiger partial charge in [0.2, 0.25) is 0 Å². The van der Waals surface area contributed by atoms with Crippen LogP contribution >= 0.6 is 11.6 Å². The highest BCUT2D eigenvalue weighted by atomic mass is 35.5. The number of benzene rings is 3. The first-order chi connectivity index (χ1) is 14.2. The normalized spacial score (nSPS) is 18.6. The zero-order valence-corrected chi connectivity index (χ0v) is 16.9. The fourth-order valence-corrected chi connectivity index (χ4v) is 3.76. The molecule has 0 aliphatic carbocycles. The first kappa shape index (κ1) is 19.5. The monoisotopic (exact) mass is 407 g/mol. The second kappa shape index (κ2) is 8.68. The van der Waals surface area contributed by atoms with Crippen molar-refractivity contribution >= 4 is 23.3 Å². The van der Waals surface area contributed by atoms with Crippen molar-refractivity contribution < 1.29 is 14.4 Å². The smallest absolute Gasteiger partial charge is 0.338 e. The summed E-state index contributed by atoms with van der Waals surface area (Å²) in [5.41, 5.74) is 4.18. The fourth-order valence-electron chi connectivity index (χ4n) is 3.58. The van der Waals surface area contributed by atoms with Crippen LogP contribution in [0.4, 0.5) is 5.69 Å². The van der Waals surface area contributed by atoms with Gasteiger partial charge in [-0.15, -0.1) is 0 Å². The molecule has 0 radical (unpaired) electrons. The van der Waals surface area contributed by atoms with Crippen LogP contribution < -0.4 is 5.06 Å². The van der Waals surface area contributed by atoms with Crippen molar-refractivity contribution in [3.63, 3.8) is 0 Å². The standard InChI is InChI=1S/C24H22ClNO3/c1-2-28-24(27)23-16-22(26(29-23)21-10-6-9-20(25)15-21)19-13-11-18(12-14-19)17-7-4-3-5-8-17/h3-15,22-23H,2,16H2,1H3. The van der Waals surface area contributed by atoms with E-state index < -0.39 is 6.10 Å². The molecule has 1 heterocycles. The maximum Gasteiger partial charge on any atom is 0.338 e. The third kappa shape index (κ3) is 4.29. The van der Waals surface area contributed by atoms with E-state index in [1.165, 1.54) is 0 Å². The Hall–Kier alpha value is -2.82. The molecule has 1 fully saturated rings. The van der Waals surface area contributed by atoms with Crippen molar-refractivity contribution in [3.05, 3.63) is 89.4 Å². The maximum absolute atomic E-state index is 12.3. The summed E-state index contributed by atoms with van der Waals surface area (Å²) in [5.74, 6) is -0.345. The molecule has 0 amide bonds. The lowest BCUT2D eigenvalue weighted by atomic mass is 9.97. The third-order valence-electron chi connectivity index (χ3n) is 4.98. The number of nitrogens with zero attached hydrogens (tertiary/aromatic N) is 1. The van der Waals surface area contributed by atoms with Gasteiger partial charge in [0.15, 0.2) is 6.10 Å². The predicted octanol–water partition coefficient (Wildman–Crippen LogP) is 5.82. The molecule has 29 heavy (non-hydrogen) atoms. The SMILES string of the molecule is CCOC(=O)C1CC(c2ccc(-c3ccccc3)cc2)N(c2cccc(Cl)c2)O1. The number of carbonyl (C=O) groups excluding carboxylic acids is 1. The Labute approximate surface area is 175 Å². The number of anilines is 1. The van der Waals surface area contributed by atoms with Crippen LogP contribution in [-0.4, -0.2) is 18.7 Å². The average molecular weight is 408 g/mol. The molecule has 1 saturated heterocycles. The molecule has 148 valence electrons. The highest BCUT2D eigenvalue weighted by Crippen LogP contribution is 2.39. The quantitative estimate of drug-likeness (QED) is 0.499. The first-order valence-electron chi connectivity index (χ1n) is 9.69. The molecule has 3 aromatic carbocycles. The molecule has 4 rings (SSSR count). The second-order valence-electron chi connectivity index (χ2n) is 6.89. The molecule has 0 aromatic heterocycles. The number of hydroxylamine groups is 1. The van der Waals surface area contributed by atoms with Gasteiger partial charge < -0.3 is 4.74 Å². The lowest BCUT2D eigenvalue weighted by Gasteiger charge is -2.25. The van der Waals surface area contributed by atoms with E-state index in [2.05, 4.69) is 36.4 Å². The Kier molecular flexibility index (Phi) is 5.84. The van der Waals surface area contributed by atoms with Crippen molar-refractivity contribution in [2.75, 3.05) is 11.7 Å². The Morgan fingerprint density at radius 3 is 2.45 bits per heavy atom. The zero-order valence-electron chi connectivity index (χ0n) is 16.1. The van der Waals surface area contributed by atoms with Crippen molar-refractivity contribution in [2.45, 2.75) is 25.5 Å². The van der Waals surface area contributed by atoms with Crippen molar-refractivity contribution in [2.24, 2.45) is 0 Å². The van der Waals surface area contributed by atoms with Gasteiger partial charge in [-0.1, -0.05) is 72.3 Å². The number of ether oxygens (including phenoxy) is 1. The first-order valence-corrected chi connectivity index (χ1v) is 10.1. The minimum atomic E-state index is -0.646. The summed E-state index contributed by atoms with van der Waals surface area (Å²) < 4.78 is 5.18. The average Bonchev–Trinajstić information content (AvgIpc) is 3.20. The van der Waals surface area contributed by atoms with Crippen LogP contribution in [0, 0.1) is 0 Å². The molecule has 4 nitrogen and oxygen atoms in total. The molecule has 5 heteroatoms. The van der Waals surface area contributed by atoms with Crippen LogP contribution in [0.15, 0.2) is 78.9 Å². The van der Waals surface area contributed by atoms with Gasteiger partial charge in [0, 0.05) is 11.4 Å². The molecule has 3 aromatic rings. The largest absolute Gasteiger partial charge is 0.464 e. The van der Waals surface area contributed by atoms with E-state index in [-0.39, 0.29) is 12.0 Å². The summed E-state index contributed by atoms with van der Waals surface area (Å²) in [6.07, 6.45) is -0.136. The fraction of sp³-hybridized carbons (Fsp3) is 0.208. The van der Waals surface area contributed by atoms with Crippen LogP contribution in [0.3, 0.4) is 0 Å². The molecule has 1 aliphatic rings. The molecular weight excluding hydrogens is 386 g/mol. The predicted molar refractivity (Wildman–Crippen MR) is 115 cm³/mol. The summed E-state index contributed by atoms with van der Waals surface area (Å²) in [5, 5.41) is 2.38. The van der Waals surface area contributed by atoms with Gasteiger partial charge in [-0.25, -0.2) is 9.86 Å². The Morgan fingerprint density at radius 1 is 1.03 bits per heavy atom. The van der Waals surface area contributed by atoms with Gasteiger partial charge in [0.1, 0.15) is 0 Å². The zero-order chi connectivity index (χ0) is 20.2. The van der Waals surface area contributed by atoms with Gasteiger partial charge in [0.05, 0.1) is 18.3 Å². The highest BCUT2D eigenvalue weighted by molar-refractivity contribution is 6.30. The highest BCUT2D eigenvalue weighted by Gasteiger charge is 2.39.